The molecule has 7 heteroatoms. The van der Waals surface area contributed by atoms with Crippen molar-refractivity contribution in [3.63, 3.8) is 0 Å². The van der Waals surface area contributed by atoms with E-state index in [9.17, 15) is 14.7 Å². The van der Waals surface area contributed by atoms with Crippen LogP contribution in [0.25, 0.3) is 0 Å². The second-order valence-electron chi connectivity index (χ2n) is 7.63. The molecule has 1 amide bonds. The van der Waals surface area contributed by atoms with Gasteiger partial charge in [-0.25, -0.2) is 4.79 Å². The molecule has 1 aromatic carbocycles. The summed E-state index contributed by atoms with van der Waals surface area (Å²) >= 11 is 0. The number of benzene rings is 1. The van der Waals surface area contributed by atoms with Gasteiger partial charge in [0.1, 0.15) is 5.75 Å². The van der Waals surface area contributed by atoms with Gasteiger partial charge in [-0.3, -0.25) is 9.48 Å². The lowest BCUT2D eigenvalue weighted by Gasteiger charge is -2.16. The fourth-order valence-electron chi connectivity index (χ4n) is 2.99. The molecule has 0 unspecified atom stereocenters. The van der Waals surface area contributed by atoms with E-state index in [1.54, 1.807) is 6.07 Å². The first-order chi connectivity index (χ1) is 13.1. The highest BCUT2D eigenvalue weighted by Crippen LogP contribution is 2.27. The lowest BCUT2D eigenvalue weighted by atomic mass is 10.1. The van der Waals surface area contributed by atoms with Gasteiger partial charge in [-0.05, 0) is 51.8 Å². The lowest BCUT2D eigenvalue weighted by Crippen LogP contribution is -2.18. The van der Waals surface area contributed by atoms with Crippen LogP contribution in [0, 0.1) is 19.8 Å². The first kappa shape index (κ1) is 21.5. The third-order valence-electron chi connectivity index (χ3n) is 4.27. The van der Waals surface area contributed by atoms with Gasteiger partial charge in [-0.2, -0.15) is 5.10 Å². The van der Waals surface area contributed by atoms with Crippen LogP contribution >= 0.6 is 0 Å². The van der Waals surface area contributed by atoms with Gasteiger partial charge in [-0.1, -0.05) is 13.8 Å². The Morgan fingerprint density at radius 1 is 1.21 bits per heavy atom. The number of aromatic carboxylic acids is 1. The Labute approximate surface area is 165 Å². The summed E-state index contributed by atoms with van der Waals surface area (Å²) in [7, 11) is 0. The maximum atomic E-state index is 12.7. The molecule has 1 aromatic heterocycles. The van der Waals surface area contributed by atoms with Gasteiger partial charge in [0.05, 0.1) is 29.5 Å². The smallest absolute Gasteiger partial charge is 0.335 e. The van der Waals surface area contributed by atoms with Gasteiger partial charge in [0.25, 0.3) is 0 Å². The molecule has 2 N–H and O–H groups in total. The number of ether oxygens (including phenoxy) is 1. The number of carbonyl (C=O) groups is 2. The Hall–Kier alpha value is -2.83. The molecule has 7 nitrogen and oxygen atoms in total. The molecule has 2 rings (SSSR count). The monoisotopic (exact) mass is 387 g/mol. The number of nitrogens with zero attached hydrogens (tertiary/aromatic N) is 2. The number of carboxylic acid groups (broad SMARTS) is 1. The van der Waals surface area contributed by atoms with Crippen molar-refractivity contribution >= 4 is 17.6 Å². The van der Waals surface area contributed by atoms with E-state index in [0.29, 0.717) is 17.4 Å². The van der Waals surface area contributed by atoms with E-state index >= 15 is 0 Å². The molecule has 1 heterocycles. The average molecular weight is 387 g/mol. The van der Waals surface area contributed by atoms with Gasteiger partial charge in [0, 0.05) is 17.8 Å². The standard InChI is InChI=1S/C21H29N3O4/c1-12(2)11-24-15(6)17(14(5)23-24)10-20(25)22-18-9-16(21(26)27)7-8-19(18)28-13(3)4/h7-9,12-13H,10-11H2,1-6H3,(H,22,25)(H,26,27). The Kier molecular flexibility index (Phi) is 6.83. The lowest BCUT2D eigenvalue weighted by molar-refractivity contribution is -0.115. The molecule has 28 heavy (non-hydrogen) atoms. The number of aromatic nitrogens is 2. The number of hydrogen-bond donors (Lipinski definition) is 2. The molecule has 0 bridgehead atoms. The van der Waals surface area contributed by atoms with Crippen molar-refractivity contribution in [1.82, 2.24) is 9.78 Å². The molecule has 2 aromatic rings. The normalized spacial score (nSPS) is 11.1. The number of amides is 1. The average Bonchev–Trinajstić information content (AvgIpc) is 2.82. The highest BCUT2D eigenvalue weighted by Gasteiger charge is 2.18. The third kappa shape index (κ3) is 5.34. The minimum absolute atomic E-state index is 0.0866. The summed E-state index contributed by atoms with van der Waals surface area (Å²) in [6.45, 7) is 12.6. The number of rotatable bonds is 8. The van der Waals surface area contributed by atoms with E-state index in [4.69, 9.17) is 4.74 Å². The van der Waals surface area contributed by atoms with Crippen molar-refractivity contribution in [2.75, 3.05) is 5.32 Å². The number of nitrogens with one attached hydrogen (secondary N) is 1. The summed E-state index contributed by atoms with van der Waals surface area (Å²) in [6, 6.07) is 4.44. The van der Waals surface area contributed by atoms with E-state index in [1.807, 2.05) is 32.4 Å². The summed E-state index contributed by atoms with van der Waals surface area (Å²) in [4.78, 5) is 24.0. The Morgan fingerprint density at radius 3 is 2.46 bits per heavy atom. The van der Waals surface area contributed by atoms with Gasteiger partial charge in [-0.15, -0.1) is 0 Å². The molecule has 0 fully saturated rings. The van der Waals surface area contributed by atoms with E-state index in [2.05, 4.69) is 24.3 Å². The van der Waals surface area contributed by atoms with Crippen molar-refractivity contribution in [1.29, 1.82) is 0 Å². The van der Waals surface area contributed by atoms with Crippen molar-refractivity contribution in [2.24, 2.45) is 5.92 Å². The minimum atomic E-state index is -1.06. The Balaban J connectivity index is 2.24. The van der Waals surface area contributed by atoms with Crippen molar-refractivity contribution < 1.29 is 19.4 Å². The molecule has 0 aliphatic heterocycles. The van der Waals surface area contributed by atoms with Crippen molar-refractivity contribution in [2.45, 2.75) is 60.6 Å². The van der Waals surface area contributed by atoms with Crippen LogP contribution in [-0.2, 0) is 17.8 Å². The molecular weight excluding hydrogens is 358 g/mol. The van der Waals surface area contributed by atoms with Gasteiger partial charge in [0.15, 0.2) is 0 Å². The van der Waals surface area contributed by atoms with Crippen LogP contribution < -0.4 is 10.1 Å². The highest BCUT2D eigenvalue weighted by molar-refractivity contribution is 5.96. The van der Waals surface area contributed by atoms with Crippen LogP contribution in [0.5, 0.6) is 5.75 Å². The molecule has 152 valence electrons. The highest BCUT2D eigenvalue weighted by atomic mass is 16.5. The third-order valence-corrected chi connectivity index (χ3v) is 4.27. The van der Waals surface area contributed by atoms with Crippen LogP contribution in [0.1, 0.15) is 55.0 Å². The molecule has 0 saturated carbocycles. The SMILES string of the molecule is Cc1nn(CC(C)C)c(C)c1CC(=O)Nc1cc(C(=O)O)ccc1OC(C)C. The van der Waals surface area contributed by atoms with Crippen LogP contribution in [0.15, 0.2) is 18.2 Å². The predicted molar refractivity (Wildman–Crippen MR) is 108 cm³/mol. The van der Waals surface area contributed by atoms with Gasteiger partial charge in [0.2, 0.25) is 5.91 Å². The number of carbonyl (C=O) groups excluding carboxylic acids is 1. The molecule has 0 saturated heterocycles. The van der Waals surface area contributed by atoms with E-state index in [-0.39, 0.29) is 24.0 Å². The second kappa shape index (κ2) is 8.91. The van der Waals surface area contributed by atoms with E-state index in [0.717, 1.165) is 23.5 Å². The van der Waals surface area contributed by atoms with E-state index in [1.165, 1.54) is 12.1 Å². The zero-order chi connectivity index (χ0) is 21.0. The summed E-state index contributed by atoms with van der Waals surface area (Å²) < 4.78 is 7.63. The Morgan fingerprint density at radius 2 is 1.89 bits per heavy atom. The zero-order valence-corrected chi connectivity index (χ0v) is 17.4. The van der Waals surface area contributed by atoms with E-state index < -0.39 is 5.97 Å². The molecule has 0 atom stereocenters. The first-order valence-corrected chi connectivity index (χ1v) is 9.45. The molecular formula is C21H29N3O4. The quantitative estimate of drug-likeness (QED) is 0.718. The van der Waals surface area contributed by atoms with Crippen molar-refractivity contribution in [3.8, 4) is 5.75 Å². The van der Waals surface area contributed by atoms with Crippen LogP contribution in [0.4, 0.5) is 5.69 Å². The summed E-state index contributed by atoms with van der Waals surface area (Å²) in [5.74, 6) is -0.411. The molecule has 0 radical (unpaired) electrons. The topological polar surface area (TPSA) is 93.5 Å². The summed E-state index contributed by atoms with van der Waals surface area (Å²) in [6.07, 6.45) is 0.0545. The molecule has 0 spiro atoms. The maximum Gasteiger partial charge on any atom is 0.335 e. The summed E-state index contributed by atoms with van der Waals surface area (Å²) in [5, 5.41) is 16.6. The summed E-state index contributed by atoms with van der Waals surface area (Å²) in [5.41, 5.74) is 3.12. The van der Waals surface area contributed by atoms with Gasteiger partial charge >= 0.3 is 5.97 Å². The number of aryl methyl sites for hydroxylation is 1. The van der Waals surface area contributed by atoms with Crippen LogP contribution in [-0.4, -0.2) is 32.9 Å². The second-order valence-corrected chi connectivity index (χ2v) is 7.63. The largest absolute Gasteiger partial charge is 0.489 e. The maximum absolute atomic E-state index is 12.7. The Bertz CT molecular complexity index is 869. The molecule has 0 aliphatic rings. The first-order valence-electron chi connectivity index (χ1n) is 9.45. The number of carboxylic acids is 1. The molecule has 0 aliphatic carbocycles. The zero-order valence-electron chi connectivity index (χ0n) is 17.4. The van der Waals surface area contributed by atoms with Gasteiger partial charge < -0.3 is 15.2 Å². The van der Waals surface area contributed by atoms with Crippen LogP contribution in [0.3, 0.4) is 0 Å². The number of hydrogen-bond acceptors (Lipinski definition) is 4. The predicted octanol–water partition coefficient (Wildman–Crippen LogP) is 3.82. The number of anilines is 1. The fourth-order valence-corrected chi connectivity index (χ4v) is 2.99. The van der Waals surface area contributed by atoms with Crippen molar-refractivity contribution in [3.05, 3.63) is 40.7 Å². The fraction of sp³-hybridized carbons (Fsp3) is 0.476. The van der Waals surface area contributed by atoms with Crippen LogP contribution in [0.2, 0.25) is 0 Å². The minimum Gasteiger partial charge on any atom is -0.489 e.